The van der Waals surface area contributed by atoms with Crippen LogP contribution >= 0.6 is 11.6 Å². The molecule has 4 nitrogen and oxygen atoms in total. The Morgan fingerprint density at radius 2 is 1.94 bits per heavy atom. The first kappa shape index (κ1) is 13.2. The molecule has 0 atom stereocenters. The number of hydrogen-bond donors (Lipinski definition) is 1. The second-order valence-corrected chi connectivity index (χ2v) is 6.58. The Kier molecular flexibility index (Phi) is 3.79. The topological polar surface area (TPSA) is 70.0 Å². The Hall–Kier alpha value is -0.830. The van der Waals surface area contributed by atoms with Crippen molar-refractivity contribution in [1.29, 1.82) is 5.26 Å². The molecule has 0 spiro atoms. The minimum atomic E-state index is -3.50. The molecule has 88 valence electrons. The van der Waals surface area contributed by atoms with Gasteiger partial charge in [0.2, 0.25) is 10.0 Å². The maximum Gasteiger partial charge on any atom is 0.215 e. The summed E-state index contributed by atoms with van der Waals surface area (Å²) in [6.45, 7) is 3.10. The average Bonchev–Trinajstić information content (AvgIpc) is 2.21. The third-order valence-corrected chi connectivity index (χ3v) is 4.36. The lowest BCUT2D eigenvalue weighted by Crippen LogP contribution is -2.47. The number of nitrogens with zero attached hydrogens (tertiary/aromatic N) is 1. The molecule has 0 radical (unpaired) electrons. The van der Waals surface area contributed by atoms with Gasteiger partial charge in [-0.15, -0.1) is 11.6 Å². The summed E-state index contributed by atoms with van der Waals surface area (Å²) in [6, 6.07) is 1.93. The fourth-order valence-corrected chi connectivity index (χ4v) is 2.16. The average molecular weight is 261 g/mol. The van der Waals surface area contributed by atoms with E-state index in [2.05, 4.69) is 4.72 Å². The Morgan fingerprint density at radius 1 is 1.44 bits per heavy atom. The Bertz CT molecular complexity index is 446. The SMILES string of the molecule is CC(C)S(=O)(=O)NC1(C#N)C=CC(Cl)C=C1. The molecule has 0 saturated heterocycles. The van der Waals surface area contributed by atoms with Crippen molar-refractivity contribution < 1.29 is 8.42 Å². The van der Waals surface area contributed by atoms with Crippen LogP contribution in [0.15, 0.2) is 24.3 Å². The van der Waals surface area contributed by atoms with Crippen LogP contribution in [0.2, 0.25) is 0 Å². The first-order chi connectivity index (χ1) is 7.31. The molecule has 16 heavy (non-hydrogen) atoms. The van der Waals surface area contributed by atoms with E-state index in [-0.39, 0.29) is 5.38 Å². The zero-order valence-electron chi connectivity index (χ0n) is 9.01. The molecule has 0 unspecified atom stereocenters. The second-order valence-electron chi connectivity index (χ2n) is 3.84. The summed E-state index contributed by atoms with van der Waals surface area (Å²) in [4.78, 5) is 0. The summed E-state index contributed by atoms with van der Waals surface area (Å²) in [6.07, 6.45) is 6.08. The van der Waals surface area contributed by atoms with E-state index in [1.54, 1.807) is 26.0 Å². The first-order valence-electron chi connectivity index (χ1n) is 4.78. The number of nitriles is 1. The van der Waals surface area contributed by atoms with Gasteiger partial charge >= 0.3 is 0 Å². The van der Waals surface area contributed by atoms with E-state index in [4.69, 9.17) is 16.9 Å². The first-order valence-corrected chi connectivity index (χ1v) is 6.76. The van der Waals surface area contributed by atoms with Gasteiger partial charge in [0, 0.05) is 0 Å². The molecule has 0 aliphatic heterocycles. The zero-order chi connectivity index (χ0) is 12.4. The van der Waals surface area contributed by atoms with Gasteiger partial charge in [-0.3, -0.25) is 0 Å². The van der Waals surface area contributed by atoms with Gasteiger partial charge < -0.3 is 0 Å². The molecule has 0 heterocycles. The number of allylic oxidation sites excluding steroid dienone is 2. The second kappa shape index (κ2) is 4.58. The molecule has 0 saturated carbocycles. The van der Waals surface area contributed by atoms with Crippen LogP contribution in [0.25, 0.3) is 0 Å². The number of rotatable bonds is 3. The van der Waals surface area contributed by atoms with Gasteiger partial charge in [-0.25, -0.2) is 8.42 Å². The van der Waals surface area contributed by atoms with E-state index in [1.807, 2.05) is 6.07 Å². The van der Waals surface area contributed by atoms with Crippen LogP contribution in [0, 0.1) is 11.3 Å². The summed E-state index contributed by atoms with van der Waals surface area (Å²) in [5, 5.41) is 8.16. The normalized spacial score (nSPS) is 29.3. The van der Waals surface area contributed by atoms with Gasteiger partial charge in [0.25, 0.3) is 0 Å². The zero-order valence-corrected chi connectivity index (χ0v) is 10.6. The largest absolute Gasteiger partial charge is 0.215 e. The van der Waals surface area contributed by atoms with E-state index >= 15 is 0 Å². The van der Waals surface area contributed by atoms with E-state index in [0.29, 0.717) is 0 Å². The smallest absolute Gasteiger partial charge is 0.212 e. The lowest BCUT2D eigenvalue weighted by atomic mass is 9.97. The highest BCUT2D eigenvalue weighted by Gasteiger charge is 2.32. The van der Waals surface area contributed by atoms with Crippen LogP contribution < -0.4 is 4.72 Å². The lowest BCUT2D eigenvalue weighted by molar-refractivity contribution is 0.558. The molecule has 0 fully saturated rings. The summed E-state index contributed by atoms with van der Waals surface area (Å²) >= 11 is 5.77. The number of hydrogen-bond acceptors (Lipinski definition) is 3. The molecule has 1 aliphatic carbocycles. The van der Waals surface area contributed by atoms with E-state index in [1.165, 1.54) is 12.2 Å². The molecular formula is C10H13ClN2O2S. The maximum absolute atomic E-state index is 11.7. The molecule has 0 aromatic rings. The van der Waals surface area contributed by atoms with Crippen LogP contribution in [0.1, 0.15) is 13.8 Å². The standard InChI is InChI=1S/C10H13ClN2O2S/c1-8(2)16(14,15)13-10(7-12)5-3-9(11)4-6-10/h3-6,8-9,13H,1-2H3. The van der Waals surface area contributed by atoms with Crippen molar-refractivity contribution in [2.45, 2.75) is 30.0 Å². The van der Waals surface area contributed by atoms with Gasteiger partial charge in [0.05, 0.1) is 16.7 Å². The van der Waals surface area contributed by atoms with E-state index in [0.717, 1.165) is 0 Å². The van der Waals surface area contributed by atoms with Crippen molar-refractivity contribution in [3.63, 3.8) is 0 Å². The molecule has 1 aliphatic rings. The number of alkyl halides is 1. The quantitative estimate of drug-likeness (QED) is 0.614. The maximum atomic E-state index is 11.7. The highest BCUT2D eigenvalue weighted by Crippen LogP contribution is 2.19. The van der Waals surface area contributed by atoms with Gasteiger partial charge in [0.1, 0.15) is 0 Å². The monoisotopic (exact) mass is 260 g/mol. The third kappa shape index (κ3) is 2.85. The van der Waals surface area contributed by atoms with Crippen LogP contribution in [-0.2, 0) is 10.0 Å². The Morgan fingerprint density at radius 3 is 2.31 bits per heavy atom. The minimum absolute atomic E-state index is 0.301. The van der Waals surface area contributed by atoms with Crippen molar-refractivity contribution in [1.82, 2.24) is 4.72 Å². The Labute approximate surface area is 101 Å². The summed E-state index contributed by atoms with van der Waals surface area (Å²) in [7, 11) is -3.50. The van der Waals surface area contributed by atoms with Crippen molar-refractivity contribution in [3.8, 4) is 6.07 Å². The van der Waals surface area contributed by atoms with Crippen LogP contribution in [0.5, 0.6) is 0 Å². The summed E-state index contributed by atoms with van der Waals surface area (Å²) < 4.78 is 25.7. The number of nitrogens with one attached hydrogen (secondary N) is 1. The molecule has 6 heteroatoms. The fourth-order valence-electron chi connectivity index (χ4n) is 1.13. The summed E-state index contributed by atoms with van der Waals surface area (Å²) in [5.74, 6) is 0. The van der Waals surface area contributed by atoms with Crippen molar-refractivity contribution in [2.75, 3.05) is 0 Å². The molecular weight excluding hydrogens is 248 g/mol. The molecule has 0 amide bonds. The fraction of sp³-hybridized carbons (Fsp3) is 0.500. The van der Waals surface area contributed by atoms with Crippen LogP contribution in [0.3, 0.4) is 0 Å². The molecule has 1 rings (SSSR count). The molecule has 0 aromatic heterocycles. The van der Waals surface area contributed by atoms with Crippen molar-refractivity contribution >= 4 is 21.6 Å². The van der Waals surface area contributed by atoms with Gasteiger partial charge in [0.15, 0.2) is 5.54 Å². The van der Waals surface area contributed by atoms with Crippen molar-refractivity contribution in [2.24, 2.45) is 0 Å². The highest BCUT2D eigenvalue weighted by atomic mass is 35.5. The minimum Gasteiger partial charge on any atom is -0.212 e. The van der Waals surface area contributed by atoms with Crippen LogP contribution in [0.4, 0.5) is 0 Å². The molecule has 1 N–H and O–H groups in total. The third-order valence-electron chi connectivity index (χ3n) is 2.20. The van der Waals surface area contributed by atoms with Crippen LogP contribution in [-0.4, -0.2) is 24.6 Å². The number of halogens is 1. The Balaban J connectivity index is 2.99. The molecule has 0 aromatic carbocycles. The highest BCUT2D eigenvalue weighted by molar-refractivity contribution is 7.90. The lowest BCUT2D eigenvalue weighted by Gasteiger charge is -2.24. The van der Waals surface area contributed by atoms with Crippen molar-refractivity contribution in [3.05, 3.63) is 24.3 Å². The summed E-state index contributed by atoms with van der Waals surface area (Å²) in [5.41, 5.74) is -1.31. The van der Waals surface area contributed by atoms with Gasteiger partial charge in [-0.1, -0.05) is 12.2 Å². The number of sulfonamides is 1. The predicted octanol–water partition coefficient (Wildman–Crippen LogP) is 1.31. The van der Waals surface area contributed by atoms with Gasteiger partial charge in [-0.05, 0) is 26.0 Å². The molecule has 0 bridgehead atoms. The predicted molar refractivity (Wildman–Crippen MR) is 63.5 cm³/mol. The van der Waals surface area contributed by atoms with E-state index < -0.39 is 20.8 Å². The van der Waals surface area contributed by atoms with Gasteiger partial charge in [-0.2, -0.15) is 9.98 Å². The van der Waals surface area contributed by atoms with E-state index in [9.17, 15) is 8.42 Å².